The predicted octanol–water partition coefficient (Wildman–Crippen LogP) is 4.26. The van der Waals surface area contributed by atoms with Crippen LogP contribution in [0.1, 0.15) is 48.3 Å². The van der Waals surface area contributed by atoms with E-state index in [4.69, 9.17) is 9.26 Å². The predicted molar refractivity (Wildman–Crippen MR) is 124 cm³/mol. The number of hydrogen-bond acceptors (Lipinski definition) is 6. The summed E-state index contributed by atoms with van der Waals surface area (Å²) in [7, 11) is 0. The lowest BCUT2D eigenvalue weighted by Crippen LogP contribution is -2.49. The molecule has 34 heavy (non-hydrogen) atoms. The van der Waals surface area contributed by atoms with Crippen LogP contribution in [0, 0.1) is 5.41 Å². The third-order valence-electron chi connectivity index (χ3n) is 5.70. The van der Waals surface area contributed by atoms with E-state index in [2.05, 4.69) is 15.8 Å². The fraction of sp³-hybridized carbons (Fsp3) is 0.280. The molecule has 2 aromatic carbocycles. The molecule has 1 heterocycles. The van der Waals surface area contributed by atoms with Crippen molar-refractivity contribution < 1.29 is 28.8 Å². The van der Waals surface area contributed by atoms with Crippen LogP contribution in [-0.2, 0) is 9.53 Å². The molecule has 1 aromatic heterocycles. The van der Waals surface area contributed by atoms with Gasteiger partial charge >= 0.3 is 12.1 Å². The molecular weight excluding hydrogens is 438 g/mol. The number of hydrogen-bond donors (Lipinski definition) is 3. The van der Waals surface area contributed by atoms with E-state index in [9.17, 15) is 19.5 Å². The number of benzene rings is 2. The Balaban J connectivity index is 1.38. The van der Waals surface area contributed by atoms with E-state index in [0.29, 0.717) is 0 Å². The Labute approximate surface area is 196 Å². The zero-order valence-corrected chi connectivity index (χ0v) is 19.0. The van der Waals surface area contributed by atoms with Gasteiger partial charge in [-0.1, -0.05) is 74.5 Å². The first kappa shape index (κ1) is 23.0. The molecular formula is C25H25N3O6. The molecule has 3 aromatic rings. The van der Waals surface area contributed by atoms with Gasteiger partial charge in [0.1, 0.15) is 12.6 Å². The highest BCUT2D eigenvalue weighted by Crippen LogP contribution is 2.44. The minimum absolute atomic E-state index is 0.0926. The second-order valence-electron chi connectivity index (χ2n) is 9.14. The molecule has 1 aliphatic rings. The van der Waals surface area contributed by atoms with Gasteiger partial charge in [-0.15, -0.1) is 0 Å². The van der Waals surface area contributed by atoms with Crippen molar-refractivity contribution in [3.8, 4) is 11.1 Å². The van der Waals surface area contributed by atoms with Gasteiger partial charge in [-0.25, -0.2) is 9.59 Å². The Morgan fingerprint density at radius 3 is 2.21 bits per heavy atom. The number of rotatable bonds is 6. The molecule has 176 valence electrons. The Kier molecular flexibility index (Phi) is 6.10. The molecule has 0 radical (unpaired) electrons. The summed E-state index contributed by atoms with van der Waals surface area (Å²) in [5, 5.41) is 17.8. The lowest BCUT2D eigenvalue weighted by molar-refractivity contribution is -0.142. The zero-order chi connectivity index (χ0) is 24.5. The van der Waals surface area contributed by atoms with Gasteiger partial charge in [0.05, 0.1) is 0 Å². The molecule has 9 nitrogen and oxygen atoms in total. The van der Waals surface area contributed by atoms with E-state index in [1.54, 1.807) is 20.8 Å². The summed E-state index contributed by atoms with van der Waals surface area (Å²) >= 11 is 0. The summed E-state index contributed by atoms with van der Waals surface area (Å²) in [5.41, 5.74) is 3.53. The SMILES string of the molecule is CC(C)(C)C(NC(=O)c1cc(NC(=O)OCC2c3ccccc3-c3ccccc32)on1)C(=O)O. The minimum atomic E-state index is -1.17. The van der Waals surface area contributed by atoms with Crippen LogP contribution >= 0.6 is 0 Å². The highest BCUT2D eigenvalue weighted by Gasteiger charge is 2.34. The van der Waals surface area contributed by atoms with Crippen LogP contribution in [0.25, 0.3) is 11.1 Å². The molecule has 0 saturated heterocycles. The van der Waals surface area contributed by atoms with Gasteiger partial charge in [-0.2, -0.15) is 0 Å². The van der Waals surface area contributed by atoms with E-state index >= 15 is 0 Å². The van der Waals surface area contributed by atoms with Gasteiger partial charge in [0, 0.05) is 12.0 Å². The molecule has 0 fully saturated rings. The average molecular weight is 463 g/mol. The molecule has 0 aliphatic heterocycles. The van der Waals surface area contributed by atoms with Crippen LogP contribution in [0.4, 0.5) is 10.7 Å². The number of nitrogens with one attached hydrogen (secondary N) is 2. The number of aliphatic carboxylic acids is 1. The lowest BCUT2D eigenvalue weighted by Gasteiger charge is -2.27. The molecule has 3 N–H and O–H groups in total. The number of ether oxygens (including phenoxy) is 1. The fourth-order valence-electron chi connectivity index (χ4n) is 4.03. The van der Waals surface area contributed by atoms with E-state index in [1.807, 2.05) is 48.5 Å². The van der Waals surface area contributed by atoms with Crippen LogP contribution in [-0.4, -0.2) is 40.9 Å². The lowest BCUT2D eigenvalue weighted by atomic mass is 9.86. The number of anilines is 1. The highest BCUT2D eigenvalue weighted by molar-refractivity contribution is 5.96. The molecule has 0 saturated carbocycles. The molecule has 1 unspecified atom stereocenters. The summed E-state index contributed by atoms with van der Waals surface area (Å²) in [5.74, 6) is -2.09. The number of fused-ring (bicyclic) bond motifs is 3. The standard InChI is InChI=1S/C25H25N3O6/c1-25(2,3)21(23(30)31)27-22(29)19-12-20(34-28-19)26-24(32)33-13-18-16-10-6-4-8-14(16)15-9-5-7-11-17(15)18/h4-12,18,21H,13H2,1-3H3,(H,26,32)(H,27,29)(H,30,31). The van der Waals surface area contributed by atoms with Crippen LogP contribution in [0.15, 0.2) is 59.1 Å². The quantitative estimate of drug-likeness (QED) is 0.498. The fourth-order valence-corrected chi connectivity index (χ4v) is 4.03. The Hall–Kier alpha value is -4.14. The van der Waals surface area contributed by atoms with E-state index in [0.717, 1.165) is 22.3 Å². The van der Waals surface area contributed by atoms with Crippen molar-refractivity contribution in [1.29, 1.82) is 0 Å². The molecule has 9 heteroatoms. The van der Waals surface area contributed by atoms with Crippen LogP contribution in [0.3, 0.4) is 0 Å². The second kappa shape index (κ2) is 9.01. The third-order valence-corrected chi connectivity index (χ3v) is 5.70. The Bertz CT molecular complexity index is 1200. The monoisotopic (exact) mass is 463 g/mol. The summed E-state index contributed by atoms with van der Waals surface area (Å²) < 4.78 is 10.4. The average Bonchev–Trinajstić information content (AvgIpc) is 3.37. The van der Waals surface area contributed by atoms with Gasteiger partial charge in [0.15, 0.2) is 5.69 Å². The van der Waals surface area contributed by atoms with Gasteiger partial charge < -0.3 is 19.7 Å². The third kappa shape index (κ3) is 4.63. The van der Waals surface area contributed by atoms with E-state index in [1.165, 1.54) is 6.07 Å². The summed E-state index contributed by atoms with van der Waals surface area (Å²) in [6.45, 7) is 5.20. The zero-order valence-electron chi connectivity index (χ0n) is 19.0. The first-order valence-corrected chi connectivity index (χ1v) is 10.8. The smallest absolute Gasteiger partial charge is 0.414 e. The summed E-state index contributed by atoms with van der Waals surface area (Å²) in [6, 6.07) is 16.1. The minimum Gasteiger partial charge on any atom is -0.480 e. The van der Waals surface area contributed by atoms with Crippen LogP contribution < -0.4 is 10.6 Å². The van der Waals surface area contributed by atoms with E-state index < -0.39 is 29.4 Å². The largest absolute Gasteiger partial charge is 0.480 e. The summed E-state index contributed by atoms with van der Waals surface area (Å²) in [4.78, 5) is 36.2. The number of carboxylic acid groups (broad SMARTS) is 1. The Morgan fingerprint density at radius 2 is 1.65 bits per heavy atom. The maximum atomic E-state index is 12.4. The van der Waals surface area contributed by atoms with Crippen LogP contribution in [0.5, 0.6) is 0 Å². The number of carboxylic acids is 1. The maximum Gasteiger partial charge on any atom is 0.414 e. The molecule has 2 amide bonds. The highest BCUT2D eigenvalue weighted by atomic mass is 16.6. The topological polar surface area (TPSA) is 131 Å². The van der Waals surface area contributed by atoms with Crippen LogP contribution in [0.2, 0.25) is 0 Å². The summed E-state index contributed by atoms with van der Waals surface area (Å²) in [6.07, 6.45) is -0.761. The van der Waals surface area contributed by atoms with Gasteiger partial charge in [0.25, 0.3) is 5.91 Å². The first-order chi connectivity index (χ1) is 16.1. The van der Waals surface area contributed by atoms with Crippen molar-refractivity contribution >= 4 is 23.9 Å². The molecule has 1 aliphatic carbocycles. The molecule has 1 atom stereocenters. The van der Waals surface area contributed by atoms with Crippen molar-refractivity contribution in [2.24, 2.45) is 5.41 Å². The molecule has 0 bridgehead atoms. The second-order valence-corrected chi connectivity index (χ2v) is 9.14. The number of carbonyl (C=O) groups is 3. The molecule has 0 spiro atoms. The number of aromatic nitrogens is 1. The van der Waals surface area contributed by atoms with Gasteiger partial charge in [-0.05, 0) is 27.7 Å². The first-order valence-electron chi connectivity index (χ1n) is 10.8. The Morgan fingerprint density at radius 1 is 1.06 bits per heavy atom. The van der Waals surface area contributed by atoms with E-state index in [-0.39, 0.29) is 24.1 Å². The maximum absolute atomic E-state index is 12.4. The number of amides is 2. The number of carbonyl (C=O) groups excluding carboxylic acids is 2. The van der Waals surface area contributed by atoms with Crippen molar-refractivity contribution in [3.05, 3.63) is 71.4 Å². The normalized spacial score (nSPS) is 13.5. The van der Waals surface area contributed by atoms with Gasteiger partial charge in [-0.3, -0.25) is 10.1 Å². The van der Waals surface area contributed by atoms with Crippen molar-refractivity contribution in [3.63, 3.8) is 0 Å². The molecule has 4 rings (SSSR count). The van der Waals surface area contributed by atoms with Crippen molar-refractivity contribution in [2.45, 2.75) is 32.7 Å². The van der Waals surface area contributed by atoms with Gasteiger partial charge in [0.2, 0.25) is 5.88 Å². The van der Waals surface area contributed by atoms with Crippen molar-refractivity contribution in [2.75, 3.05) is 11.9 Å². The number of nitrogens with zero attached hydrogens (tertiary/aromatic N) is 1. The van der Waals surface area contributed by atoms with Crippen molar-refractivity contribution in [1.82, 2.24) is 10.5 Å².